The van der Waals surface area contributed by atoms with Gasteiger partial charge in [-0.1, -0.05) is 30.3 Å². The molecule has 0 aliphatic carbocycles. The second-order valence-corrected chi connectivity index (χ2v) is 3.88. The SMILES string of the molecule is CO[C@@H]1CNC[C@H]1Cc1ccccc1. The van der Waals surface area contributed by atoms with E-state index in [4.69, 9.17) is 4.74 Å². The minimum absolute atomic E-state index is 0.384. The minimum atomic E-state index is 0.384. The van der Waals surface area contributed by atoms with E-state index in [1.807, 2.05) is 0 Å². The van der Waals surface area contributed by atoms with Gasteiger partial charge in [-0.25, -0.2) is 0 Å². The van der Waals surface area contributed by atoms with Crippen molar-refractivity contribution in [2.45, 2.75) is 12.5 Å². The van der Waals surface area contributed by atoms with Crippen molar-refractivity contribution in [2.24, 2.45) is 5.92 Å². The average molecular weight is 191 g/mol. The number of nitrogens with one attached hydrogen (secondary N) is 1. The van der Waals surface area contributed by atoms with Crippen molar-refractivity contribution < 1.29 is 4.74 Å². The Morgan fingerprint density at radius 1 is 1.29 bits per heavy atom. The molecule has 1 aromatic rings. The highest BCUT2D eigenvalue weighted by Gasteiger charge is 2.26. The van der Waals surface area contributed by atoms with Gasteiger partial charge in [0.05, 0.1) is 6.10 Å². The highest BCUT2D eigenvalue weighted by Crippen LogP contribution is 2.17. The number of rotatable bonds is 3. The van der Waals surface area contributed by atoms with Gasteiger partial charge in [0.1, 0.15) is 0 Å². The van der Waals surface area contributed by atoms with Gasteiger partial charge >= 0.3 is 0 Å². The molecule has 2 atom stereocenters. The molecule has 14 heavy (non-hydrogen) atoms. The van der Waals surface area contributed by atoms with E-state index in [1.165, 1.54) is 5.56 Å². The normalized spacial score (nSPS) is 26.6. The Morgan fingerprint density at radius 3 is 2.79 bits per heavy atom. The van der Waals surface area contributed by atoms with Crippen molar-refractivity contribution in [2.75, 3.05) is 20.2 Å². The van der Waals surface area contributed by atoms with E-state index in [1.54, 1.807) is 7.11 Å². The van der Waals surface area contributed by atoms with Gasteiger partial charge in [0.2, 0.25) is 0 Å². The molecule has 0 amide bonds. The van der Waals surface area contributed by atoms with Crippen molar-refractivity contribution in [3.8, 4) is 0 Å². The predicted molar refractivity (Wildman–Crippen MR) is 57.3 cm³/mol. The van der Waals surface area contributed by atoms with Crippen LogP contribution in [-0.4, -0.2) is 26.3 Å². The molecule has 0 radical (unpaired) electrons. The van der Waals surface area contributed by atoms with E-state index in [2.05, 4.69) is 35.6 Å². The molecule has 2 rings (SSSR count). The lowest BCUT2D eigenvalue weighted by atomic mass is 9.97. The van der Waals surface area contributed by atoms with Crippen LogP contribution in [0.25, 0.3) is 0 Å². The molecule has 0 unspecified atom stereocenters. The van der Waals surface area contributed by atoms with Gasteiger partial charge < -0.3 is 10.1 Å². The van der Waals surface area contributed by atoms with Crippen LogP contribution in [0.4, 0.5) is 0 Å². The van der Waals surface area contributed by atoms with E-state index in [-0.39, 0.29) is 0 Å². The second kappa shape index (κ2) is 4.58. The van der Waals surface area contributed by atoms with Crippen molar-refractivity contribution >= 4 is 0 Å². The Kier molecular flexibility index (Phi) is 3.17. The lowest BCUT2D eigenvalue weighted by Crippen LogP contribution is -2.22. The van der Waals surface area contributed by atoms with Crippen LogP contribution in [0.1, 0.15) is 5.56 Å². The first-order valence-electron chi connectivity index (χ1n) is 5.17. The molecule has 1 heterocycles. The van der Waals surface area contributed by atoms with Crippen molar-refractivity contribution in [3.05, 3.63) is 35.9 Å². The average Bonchev–Trinajstić information content (AvgIpc) is 2.67. The highest BCUT2D eigenvalue weighted by molar-refractivity contribution is 5.16. The molecule has 2 heteroatoms. The zero-order chi connectivity index (χ0) is 9.80. The molecule has 0 saturated carbocycles. The third-order valence-electron chi connectivity index (χ3n) is 2.92. The molecule has 76 valence electrons. The van der Waals surface area contributed by atoms with Crippen LogP contribution in [0, 0.1) is 5.92 Å². The van der Waals surface area contributed by atoms with Gasteiger partial charge in [0.15, 0.2) is 0 Å². The summed E-state index contributed by atoms with van der Waals surface area (Å²) in [7, 11) is 1.80. The third-order valence-corrected chi connectivity index (χ3v) is 2.92. The Balaban J connectivity index is 1.97. The van der Waals surface area contributed by atoms with E-state index < -0.39 is 0 Å². The Hall–Kier alpha value is -0.860. The summed E-state index contributed by atoms with van der Waals surface area (Å²) in [5, 5.41) is 3.37. The van der Waals surface area contributed by atoms with Crippen LogP contribution in [-0.2, 0) is 11.2 Å². The molecule has 0 spiro atoms. The molecule has 0 bridgehead atoms. The highest BCUT2D eigenvalue weighted by atomic mass is 16.5. The van der Waals surface area contributed by atoms with E-state index >= 15 is 0 Å². The standard InChI is InChI=1S/C12H17NO/c1-14-12-9-13-8-11(12)7-10-5-3-2-4-6-10/h2-6,11-13H,7-9H2,1H3/t11-,12-/m1/s1. The first-order valence-corrected chi connectivity index (χ1v) is 5.17. The van der Waals surface area contributed by atoms with Gasteiger partial charge in [0.25, 0.3) is 0 Å². The molecule has 2 nitrogen and oxygen atoms in total. The molecular weight excluding hydrogens is 174 g/mol. The van der Waals surface area contributed by atoms with E-state index in [0.29, 0.717) is 12.0 Å². The van der Waals surface area contributed by atoms with Crippen LogP contribution in [0.2, 0.25) is 0 Å². The maximum atomic E-state index is 5.43. The number of hydrogen-bond acceptors (Lipinski definition) is 2. The Morgan fingerprint density at radius 2 is 2.07 bits per heavy atom. The quantitative estimate of drug-likeness (QED) is 0.781. The molecule has 1 fully saturated rings. The largest absolute Gasteiger partial charge is 0.380 e. The molecule has 1 aliphatic heterocycles. The number of hydrogen-bond donors (Lipinski definition) is 1. The monoisotopic (exact) mass is 191 g/mol. The number of ether oxygens (including phenoxy) is 1. The summed E-state index contributed by atoms with van der Waals surface area (Å²) in [6.07, 6.45) is 1.50. The summed E-state index contributed by atoms with van der Waals surface area (Å²) < 4.78 is 5.43. The summed E-state index contributed by atoms with van der Waals surface area (Å²) in [5.74, 6) is 0.627. The summed E-state index contributed by atoms with van der Waals surface area (Å²) >= 11 is 0. The fraction of sp³-hybridized carbons (Fsp3) is 0.500. The molecule has 0 aromatic heterocycles. The maximum Gasteiger partial charge on any atom is 0.0739 e. The molecule has 1 aromatic carbocycles. The van der Waals surface area contributed by atoms with Crippen molar-refractivity contribution in [1.82, 2.24) is 5.32 Å². The zero-order valence-electron chi connectivity index (χ0n) is 8.57. The van der Waals surface area contributed by atoms with Gasteiger partial charge in [-0.15, -0.1) is 0 Å². The number of benzene rings is 1. The summed E-state index contributed by atoms with van der Waals surface area (Å²) in [4.78, 5) is 0. The Labute approximate surface area is 85.3 Å². The van der Waals surface area contributed by atoms with Gasteiger partial charge in [0, 0.05) is 26.1 Å². The van der Waals surface area contributed by atoms with E-state index in [0.717, 1.165) is 19.5 Å². The van der Waals surface area contributed by atoms with Crippen molar-refractivity contribution in [1.29, 1.82) is 0 Å². The van der Waals surface area contributed by atoms with Crippen LogP contribution < -0.4 is 5.32 Å². The van der Waals surface area contributed by atoms with Gasteiger partial charge in [-0.05, 0) is 12.0 Å². The maximum absolute atomic E-state index is 5.43. The van der Waals surface area contributed by atoms with Crippen LogP contribution in [0.3, 0.4) is 0 Å². The van der Waals surface area contributed by atoms with E-state index in [9.17, 15) is 0 Å². The first kappa shape index (κ1) is 9.69. The first-order chi connectivity index (χ1) is 6.90. The molecular formula is C12H17NO. The van der Waals surface area contributed by atoms with Crippen LogP contribution in [0.5, 0.6) is 0 Å². The second-order valence-electron chi connectivity index (χ2n) is 3.88. The summed E-state index contributed by atoms with van der Waals surface area (Å²) in [6.45, 7) is 2.07. The van der Waals surface area contributed by atoms with Gasteiger partial charge in [-0.2, -0.15) is 0 Å². The number of methoxy groups -OCH3 is 1. The summed E-state index contributed by atoms with van der Waals surface area (Å²) in [5.41, 5.74) is 1.41. The zero-order valence-corrected chi connectivity index (χ0v) is 8.57. The topological polar surface area (TPSA) is 21.3 Å². The molecule has 1 aliphatic rings. The summed E-state index contributed by atoms with van der Waals surface area (Å²) in [6, 6.07) is 10.6. The Bertz CT molecular complexity index is 273. The lowest BCUT2D eigenvalue weighted by molar-refractivity contribution is 0.0832. The van der Waals surface area contributed by atoms with Crippen LogP contribution >= 0.6 is 0 Å². The van der Waals surface area contributed by atoms with Crippen molar-refractivity contribution in [3.63, 3.8) is 0 Å². The van der Waals surface area contributed by atoms with Crippen LogP contribution in [0.15, 0.2) is 30.3 Å². The fourth-order valence-electron chi connectivity index (χ4n) is 2.11. The predicted octanol–water partition coefficient (Wildman–Crippen LogP) is 1.46. The lowest BCUT2D eigenvalue weighted by Gasteiger charge is -2.16. The molecule has 1 saturated heterocycles. The minimum Gasteiger partial charge on any atom is -0.380 e. The third kappa shape index (κ3) is 2.14. The fourth-order valence-corrected chi connectivity index (χ4v) is 2.11. The smallest absolute Gasteiger partial charge is 0.0739 e. The molecule has 1 N–H and O–H groups in total. The van der Waals surface area contributed by atoms with Gasteiger partial charge in [-0.3, -0.25) is 0 Å².